The standard InChI is InChI=1S/C19H14F3N7O3S/c20-19(21,22)18-26-17(28-32-18)13-2-1-11(33-13)8-29(15-7-23-3-4-24-15)14-5-10(6-25-27-14)16-12(30)9-31-16/h1-7,12,16,30H,8-9H2. The molecule has 1 N–H and O–H groups in total. The minimum Gasteiger partial charge on any atom is -0.388 e. The van der Waals surface area contributed by atoms with Crippen LogP contribution in [0.3, 0.4) is 0 Å². The van der Waals surface area contributed by atoms with Crippen molar-refractivity contribution in [3.8, 4) is 10.7 Å². The topological polar surface area (TPSA) is 123 Å². The SMILES string of the molecule is OC1COC1c1cnnc(N(Cc2ccc(-c3noc(C(F)(F)F)n3)s2)c2cnccn2)c1. The molecule has 5 rings (SSSR count). The fraction of sp³-hybridized carbons (Fsp3) is 0.263. The van der Waals surface area contributed by atoms with Crippen LogP contribution in [0, 0.1) is 0 Å². The number of hydrogen-bond acceptors (Lipinski definition) is 11. The van der Waals surface area contributed by atoms with E-state index in [2.05, 4.69) is 34.8 Å². The molecular formula is C19H14F3N7O3S. The Balaban J connectivity index is 1.44. The van der Waals surface area contributed by atoms with Gasteiger partial charge >= 0.3 is 12.1 Å². The summed E-state index contributed by atoms with van der Waals surface area (Å²) in [5.74, 6) is -0.638. The first-order chi connectivity index (χ1) is 15.9. The molecule has 0 bridgehead atoms. The third-order valence-corrected chi connectivity index (χ3v) is 5.82. The second-order valence-corrected chi connectivity index (χ2v) is 8.17. The Morgan fingerprint density at radius 1 is 1.18 bits per heavy atom. The molecule has 5 heterocycles. The monoisotopic (exact) mass is 477 g/mol. The Kier molecular flexibility index (Phi) is 5.47. The van der Waals surface area contributed by atoms with Crippen molar-refractivity contribution in [2.75, 3.05) is 11.5 Å². The van der Waals surface area contributed by atoms with Crippen molar-refractivity contribution in [3.63, 3.8) is 0 Å². The maximum absolute atomic E-state index is 12.8. The third kappa shape index (κ3) is 4.40. The number of ether oxygens (including phenoxy) is 1. The fourth-order valence-corrected chi connectivity index (χ4v) is 4.06. The highest BCUT2D eigenvalue weighted by Gasteiger charge is 2.38. The van der Waals surface area contributed by atoms with Gasteiger partial charge in [0.2, 0.25) is 5.82 Å². The molecule has 0 amide bonds. The summed E-state index contributed by atoms with van der Waals surface area (Å²) in [6, 6.07) is 5.08. The van der Waals surface area contributed by atoms with Crippen LogP contribution in [0.4, 0.5) is 24.8 Å². The van der Waals surface area contributed by atoms with Gasteiger partial charge in [0, 0.05) is 22.8 Å². The van der Waals surface area contributed by atoms with E-state index in [4.69, 9.17) is 4.74 Å². The number of alkyl halides is 3. The number of aliphatic hydroxyl groups is 1. The van der Waals surface area contributed by atoms with Crippen LogP contribution in [0.1, 0.15) is 22.4 Å². The first-order valence-corrected chi connectivity index (χ1v) is 10.4. The van der Waals surface area contributed by atoms with E-state index in [9.17, 15) is 18.3 Å². The summed E-state index contributed by atoms with van der Waals surface area (Å²) in [7, 11) is 0. The minimum absolute atomic E-state index is 0.150. The smallest absolute Gasteiger partial charge is 0.388 e. The number of aliphatic hydroxyl groups excluding tert-OH is 1. The van der Waals surface area contributed by atoms with Gasteiger partial charge in [0.25, 0.3) is 0 Å². The Labute approximate surface area is 187 Å². The summed E-state index contributed by atoms with van der Waals surface area (Å²) in [5.41, 5.74) is 0.658. The van der Waals surface area contributed by atoms with Crippen LogP contribution < -0.4 is 4.90 Å². The van der Waals surface area contributed by atoms with Crippen molar-refractivity contribution in [2.24, 2.45) is 0 Å². The zero-order valence-electron chi connectivity index (χ0n) is 16.5. The van der Waals surface area contributed by atoms with Crippen LogP contribution in [0.2, 0.25) is 0 Å². The fourth-order valence-electron chi connectivity index (χ4n) is 3.14. The molecule has 2 unspecified atom stereocenters. The second-order valence-electron chi connectivity index (χ2n) is 7.00. The highest BCUT2D eigenvalue weighted by atomic mass is 32.1. The molecule has 0 aliphatic carbocycles. The first kappa shape index (κ1) is 21.4. The molecule has 0 saturated carbocycles. The molecule has 1 fully saturated rings. The lowest BCUT2D eigenvalue weighted by Crippen LogP contribution is -2.37. The molecule has 14 heteroatoms. The van der Waals surface area contributed by atoms with Gasteiger partial charge in [-0.15, -0.1) is 16.4 Å². The van der Waals surface area contributed by atoms with Gasteiger partial charge in [0.05, 0.1) is 30.4 Å². The van der Waals surface area contributed by atoms with Crippen LogP contribution in [0.5, 0.6) is 0 Å². The number of aromatic nitrogens is 6. The van der Waals surface area contributed by atoms with Crippen LogP contribution in [-0.4, -0.2) is 48.1 Å². The molecule has 170 valence electrons. The van der Waals surface area contributed by atoms with E-state index in [1.54, 1.807) is 29.3 Å². The molecule has 1 aliphatic heterocycles. The Morgan fingerprint density at radius 3 is 2.73 bits per heavy atom. The van der Waals surface area contributed by atoms with Gasteiger partial charge in [0.15, 0.2) is 11.6 Å². The first-order valence-electron chi connectivity index (χ1n) is 9.54. The zero-order chi connectivity index (χ0) is 23.0. The predicted molar refractivity (Wildman–Crippen MR) is 107 cm³/mol. The molecule has 4 aromatic rings. The molecule has 4 aromatic heterocycles. The molecule has 0 aromatic carbocycles. The molecule has 1 saturated heterocycles. The van der Waals surface area contributed by atoms with Gasteiger partial charge < -0.3 is 19.3 Å². The van der Waals surface area contributed by atoms with Crippen molar-refractivity contribution in [2.45, 2.75) is 24.9 Å². The number of hydrogen-bond donors (Lipinski definition) is 1. The van der Waals surface area contributed by atoms with E-state index in [1.165, 1.54) is 29.9 Å². The van der Waals surface area contributed by atoms with E-state index < -0.39 is 24.3 Å². The highest BCUT2D eigenvalue weighted by molar-refractivity contribution is 7.15. The molecule has 10 nitrogen and oxygen atoms in total. The summed E-state index contributed by atoms with van der Waals surface area (Å²) in [6.07, 6.45) is 0.294. The number of halogens is 3. The van der Waals surface area contributed by atoms with Crippen molar-refractivity contribution < 1.29 is 27.5 Å². The molecular weight excluding hydrogens is 463 g/mol. The van der Waals surface area contributed by atoms with Crippen LogP contribution in [-0.2, 0) is 17.5 Å². The summed E-state index contributed by atoms with van der Waals surface area (Å²) in [6.45, 7) is 0.514. The van der Waals surface area contributed by atoms with Crippen LogP contribution in [0.15, 0.2) is 47.5 Å². The molecule has 1 aliphatic rings. The summed E-state index contributed by atoms with van der Waals surface area (Å²) in [5, 5.41) is 21.5. The normalized spacial score (nSPS) is 18.2. The maximum Gasteiger partial charge on any atom is 0.471 e. The number of anilines is 2. The van der Waals surface area contributed by atoms with Gasteiger partial charge in [0.1, 0.15) is 12.2 Å². The molecule has 0 radical (unpaired) electrons. The Bertz CT molecular complexity index is 1250. The van der Waals surface area contributed by atoms with E-state index in [-0.39, 0.29) is 19.0 Å². The lowest BCUT2D eigenvalue weighted by Gasteiger charge is -2.33. The van der Waals surface area contributed by atoms with Gasteiger partial charge in [-0.3, -0.25) is 4.98 Å². The molecule has 2 atom stereocenters. The average molecular weight is 477 g/mol. The molecule has 0 spiro atoms. The van der Waals surface area contributed by atoms with Crippen molar-refractivity contribution >= 4 is 23.0 Å². The quantitative estimate of drug-likeness (QED) is 0.443. The number of thiophene rings is 1. The summed E-state index contributed by atoms with van der Waals surface area (Å²) >= 11 is 1.20. The zero-order valence-corrected chi connectivity index (χ0v) is 17.4. The lowest BCUT2D eigenvalue weighted by molar-refractivity contribution is -0.165. The van der Waals surface area contributed by atoms with E-state index in [0.29, 0.717) is 22.1 Å². The van der Waals surface area contributed by atoms with Crippen molar-refractivity contribution in [1.82, 2.24) is 30.3 Å². The third-order valence-electron chi connectivity index (χ3n) is 4.75. The highest BCUT2D eigenvalue weighted by Crippen LogP contribution is 2.35. The average Bonchev–Trinajstić information content (AvgIpc) is 3.47. The van der Waals surface area contributed by atoms with Crippen LogP contribution in [0.25, 0.3) is 10.7 Å². The second kappa shape index (κ2) is 8.46. The Morgan fingerprint density at radius 2 is 2.06 bits per heavy atom. The van der Waals surface area contributed by atoms with E-state index in [0.717, 1.165) is 4.88 Å². The van der Waals surface area contributed by atoms with Crippen molar-refractivity contribution in [1.29, 1.82) is 0 Å². The number of rotatable bonds is 6. The van der Waals surface area contributed by atoms with Gasteiger partial charge in [-0.25, -0.2) is 4.98 Å². The van der Waals surface area contributed by atoms with Gasteiger partial charge in [-0.2, -0.15) is 23.3 Å². The van der Waals surface area contributed by atoms with Crippen molar-refractivity contribution in [3.05, 3.63) is 59.3 Å². The molecule has 33 heavy (non-hydrogen) atoms. The van der Waals surface area contributed by atoms with Gasteiger partial charge in [-0.1, -0.05) is 5.16 Å². The van der Waals surface area contributed by atoms with Gasteiger partial charge in [-0.05, 0) is 18.2 Å². The summed E-state index contributed by atoms with van der Waals surface area (Å²) < 4.78 is 48.0. The maximum atomic E-state index is 12.8. The predicted octanol–water partition coefficient (Wildman–Crippen LogP) is 3.17. The summed E-state index contributed by atoms with van der Waals surface area (Å²) in [4.78, 5) is 14.8. The number of nitrogens with zero attached hydrogens (tertiary/aromatic N) is 7. The van der Waals surface area contributed by atoms with E-state index in [1.807, 2.05) is 0 Å². The minimum atomic E-state index is -4.71. The lowest BCUT2D eigenvalue weighted by atomic mass is 10.0. The van der Waals surface area contributed by atoms with E-state index >= 15 is 0 Å². The van der Waals surface area contributed by atoms with Crippen LogP contribution >= 0.6 is 11.3 Å². The largest absolute Gasteiger partial charge is 0.471 e. The Hall–Kier alpha value is -3.49.